The third-order valence-electron chi connectivity index (χ3n) is 4.87. The molecule has 1 fully saturated rings. The lowest BCUT2D eigenvalue weighted by molar-refractivity contribution is -0.121. The van der Waals surface area contributed by atoms with Crippen LogP contribution in [0.3, 0.4) is 0 Å². The fraction of sp³-hybridized carbons (Fsp3) is 0.381. The smallest absolute Gasteiger partial charge is 0.220 e. The fourth-order valence-electron chi connectivity index (χ4n) is 3.13. The minimum atomic E-state index is 0.0491. The number of piperazine rings is 1. The Morgan fingerprint density at radius 1 is 1.04 bits per heavy atom. The van der Waals surface area contributed by atoms with Crippen molar-refractivity contribution < 1.29 is 4.79 Å². The van der Waals surface area contributed by atoms with E-state index in [4.69, 9.17) is 11.6 Å². The zero-order chi connectivity index (χ0) is 18.4. The van der Waals surface area contributed by atoms with E-state index in [-0.39, 0.29) is 5.91 Å². The summed E-state index contributed by atoms with van der Waals surface area (Å²) in [6, 6.07) is 16.2. The highest BCUT2D eigenvalue weighted by Crippen LogP contribution is 2.18. The number of benzene rings is 2. The summed E-state index contributed by atoms with van der Waals surface area (Å²) < 4.78 is 0. The van der Waals surface area contributed by atoms with Crippen molar-refractivity contribution in [3.8, 4) is 0 Å². The fourth-order valence-corrected chi connectivity index (χ4v) is 3.36. The predicted octanol–water partition coefficient (Wildman–Crippen LogP) is 3.34. The van der Waals surface area contributed by atoms with E-state index in [9.17, 15) is 4.79 Å². The molecule has 1 N–H and O–H groups in total. The monoisotopic (exact) mass is 371 g/mol. The second kappa shape index (κ2) is 9.06. The van der Waals surface area contributed by atoms with E-state index in [0.717, 1.165) is 42.3 Å². The Balaban J connectivity index is 1.44. The number of carbonyl (C=O) groups is 1. The van der Waals surface area contributed by atoms with Gasteiger partial charge in [-0.2, -0.15) is 0 Å². The van der Waals surface area contributed by atoms with Crippen molar-refractivity contribution in [2.75, 3.05) is 38.1 Å². The Morgan fingerprint density at radius 3 is 2.42 bits per heavy atom. The standard InChI is InChI=1S/C21H26ClN3O/c1-24-12-14-25(15-13-24)19-9-6-17(7-10-19)16-23-21(26)11-8-18-4-2-3-5-20(18)22/h2-7,9-10H,8,11-16H2,1H3,(H,23,26). The number of halogens is 1. The highest BCUT2D eigenvalue weighted by Gasteiger charge is 2.14. The number of hydrogen-bond acceptors (Lipinski definition) is 3. The molecule has 1 aliphatic heterocycles. The summed E-state index contributed by atoms with van der Waals surface area (Å²) in [6.45, 7) is 4.89. The average Bonchev–Trinajstić information content (AvgIpc) is 2.67. The summed E-state index contributed by atoms with van der Waals surface area (Å²) in [5.41, 5.74) is 3.39. The van der Waals surface area contributed by atoms with Gasteiger partial charge in [-0.25, -0.2) is 0 Å². The molecule has 0 aromatic heterocycles. The molecule has 0 radical (unpaired) electrons. The van der Waals surface area contributed by atoms with E-state index >= 15 is 0 Å². The number of nitrogens with one attached hydrogen (secondary N) is 1. The largest absolute Gasteiger partial charge is 0.369 e. The maximum absolute atomic E-state index is 12.1. The Morgan fingerprint density at radius 2 is 1.73 bits per heavy atom. The van der Waals surface area contributed by atoms with Crippen LogP contribution in [0.25, 0.3) is 0 Å². The molecule has 1 aliphatic rings. The Labute approximate surface area is 160 Å². The third-order valence-corrected chi connectivity index (χ3v) is 5.24. The van der Waals surface area contributed by atoms with Gasteiger partial charge in [0, 0.05) is 49.9 Å². The van der Waals surface area contributed by atoms with Crippen LogP contribution in [-0.2, 0) is 17.8 Å². The van der Waals surface area contributed by atoms with Gasteiger partial charge in [-0.05, 0) is 42.8 Å². The van der Waals surface area contributed by atoms with Gasteiger partial charge in [0.05, 0.1) is 0 Å². The summed E-state index contributed by atoms with van der Waals surface area (Å²) in [6.07, 6.45) is 1.11. The number of rotatable bonds is 6. The molecule has 2 aromatic carbocycles. The highest BCUT2D eigenvalue weighted by atomic mass is 35.5. The van der Waals surface area contributed by atoms with Crippen molar-refractivity contribution in [3.63, 3.8) is 0 Å². The first-order valence-electron chi connectivity index (χ1n) is 9.14. The van der Waals surface area contributed by atoms with Crippen LogP contribution < -0.4 is 10.2 Å². The molecule has 1 amide bonds. The SMILES string of the molecule is CN1CCN(c2ccc(CNC(=O)CCc3ccccc3Cl)cc2)CC1. The van der Waals surface area contributed by atoms with Crippen molar-refractivity contribution >= 4 is 23.2 Å². The molecule has 0 saturated carbocycles. The number of hydrogen-bond donors (Lipinski definition) is 1. The molecule has 26 heavy (non-hydrogen) atoms. The zero-order valence-corrected chi connectivity index (χ0v) is 16.0. The molecule has 1 saturated heterocycles. The lowest BCUT2D eigenvalue weighted by Crippen LogP contribution is -2.44. The van der Waals surface area contributed by atoms with Gasteiger partial charge in [-0.15, -0.1) is 0 Å². The van der Waals surface area contributed by atoms with Gasteiger partial charge in [-0.3, -0.25) is 4.79 Å². The number of amides is 1. The van der Waals surface area contributed by atoms with Gasteiger partial charge in [0.1, 0.15) is 0 Å². The van der Waals surface area contributed by atoms with Crippen LogP contribution >= 0.6 is 11.6 Å². The molecule has 3 rings (SSSR count). The van der Waals surface area contributed by atoms with E-state index in [1.54, 1.807) is 0 Å². The first kappa shape index (κ1) is 18.7. The average molecular weight is 372 g/mol. The third kappa shape index (κ3) is 5.23. The van der Waals surface area contributed by atoms with Gasteiger partial charge in [0.25, 0.3) is 0 Å². The zero-order valence-electron chi connectivity index (χ0n) is 15.2. The van der Waals surface area contributed by atoms with Crippen molar-refractivity contribution in [3.05, 3.63) is 64.7 Å². The van der Waals surface area contributed by atoms with Gasteiger partial charge >= 0.3 is 0 Å². The summed E-state index contributed by atoms with van der Waals surface area (Å²) >= 11 is 6.13. The molecule has 138 valence electrons. The van der Waals surface area contributed by atoms with Gasteiger partial charge in [0.15, 0.2) is 0 Å². The number of anilines is 1. The molecule has 5 heteroatoms. The predicted molar refractivity (Wildman–Crippen MR) is 108 cm³/mol. The molecule has 4 nitrogen and oxygen atoms in total. The van der Waals surface area contributed by atoms with Crippen LogP contribution in [0.4, 0.5) is 5.69 Å². The van der Waals surface area contributed by atoms with Crippen molar-refractivity contribution in [2.24, 2.45) is 0 Å². The van der Waals surface area contributed by atoms with Gasteiger partial charge < -0.3 is 15.1 Å². The Bertz CT molecular complexity index is 724. The van der Waals surface area contributed by atoms with Crippen LogP contribution in [0.5, 0.6) is 0 Å². The number of likely N-dealkylation sites (N-methyl/N-ethyl adjacent to an activating group) is 1. The van der Waals surface area contributed by atoms with Gasteiger partial charge in [-0.1, -0.05) is 41.9 Å². The van der Waals surface area contributed by atoms with Crippen molar-refractivity contribution in [2.45, 2.75) is 19.4 Å². The van der Waals surface area contributed by atoms with Crippen LogP contribution in [-0.4, -0.2) is 44.0 Å². The molecule has 0 aliphatic carbocycles. The summed E-state index contributed by atoms with van der Waals surface area (Å²) in [4.78, 5) is 16.8. The Hall–Kier alpha value is -2.04. The lowest BCUT2D eigenvalue weighted by atomic mass is 10.1. The molecule has 2 aromatic rings. The first-order chi connectivity index (χ1) is 12.6. The molecular weight excluding hydrogens is 346 g/mol. The van der Waals surface area contributed by atoms with Crippen LogP contribution in [0.2, 0.25) is 5.02 Å². The van der Waals surface area contributed by atoms with E-state index in [0.29, 0.717) is 19.4 Å². The minimum absolute atomic E-state index is 0.0491. The van der Waals surface area contributed by atoms with Crippen molar-refractivity contribution in [1.82, 2.24) is 10.2 Å². The topological polar surface area (TPSA) is 35.6 Å². The minimum Gasteiger partial charge on any atom is -0.369 e. The Kier molecular flexibility index (Phi) is 6.53. The van der Waals surface area contributed by atoms with Crippen molar-refractivity contribution in [1.29, 1.82) is 0 Å². The summed E-state index contributed by atoms with van der Waals surface area (Å²) in [7, 11) is 2.16. The second-order valence-electron chi connectivity index (χ2n) is 6.82. The molecular formula is C21H26ClN3O. The first-order valence-corrected chi connectivity index (χ1v) is 9.52. The normalized spacial score (nSPS) is 15.1. The summed E-state index contributed by atoms with van der Waals surface area (Å²) in [5.74, 6) is 0.0491. The summed E-state index contributed by atoms with van der Waals surface area (Å²) in [5, 5.41) is 3.71. The van der Waals surface area contributed by atoms with Crippen LogP contribution in [0.15, 0.2) is 48.5 Å². The van der Waals surface area contributed by atoms with E-state index in [1.807, 2.05) is 24.3 Å². The maximum Gasteiger partial charge on any atom is 0.220 e. The van der Waals surface area contributed by atoms with E-state index in [1.165, 1.54) is 5.69 Å². The van der Waals surface area contributed by atoms with E-state index < -0.39 is 0 Å². The molecule has 0 unspecified atom stereocenters. The quantitative estimate of drug-likeness (QED) is 0.845. The highest BCUT2D eigenvalue weighted by molar-refractivity contribution is 6.31. The van der Waals surface area contributed by atoms with Crippen LogP contribution in [0, 0.1) is 0 Å². The number of nitrogens with zero attached hydrogens (tertiary/aromatic N) is 2. The van der Waals surface area contributed by atoms with Gasteiger partial charge in [0.2, 0.25) is 5.91 Å². The molecule has 1 heterocycles. The maximum atomic E-state index is 12.1. The lowest BCUT2D eigenvalue weighted by Gasteiger charge is -2.34. The number of carbonyl (C=O) groups excluding carboxylic acids is 1. The number of aryl methyl sites for hydroxylation is 1. The van der Waals surface area contributed by atoms with Crippen LogP contribution in [0.1, 0.15) is 17.5 Å². The second-order valence-corrected chi connectivity index (χ2v) is 7.23. The molecule has 0 spiro atoms. The van der Waals surface area contributed by atoms with E-state index in [2.05, 4.69) is 46.4 Å². The molecule has 0 bridgehead atoms. The molecule has 0 atom stereocenters.